The summed E-state index contributed by atoms with van der Waals surface area (Å²) in [5.74, 6) is 2.09. The van der Waals surface area contributed by atoms with E-state index >= 15 is 0 Å². The lowest BCUT2D eigenvalue weighted by molar-refractivity contribution is 0.323. The van der Waals surface area contributed by atoms with Gasteiger partial charge in [-0.2, -0.15) is 4.98 Å². The molecule has 0 unspecified atom stereocenters. The molecule has 0 aliphatic heterocycles. The summed E-state index contributed by atoms with van der Waals surface area (Å²) in [6.45, 7) is 0.478. The van der Waals surface area contributed by atoms with Crippen molar-refractivity contribution in [2.24, 2.45) is 0 Å². The molecule has 3 rings (SSSR count). The summed E-state index contributed by atoms with van der Waals surface area (Å²) >= 11 is 3.55. The molecule has 0 saturated carbocycles. The number of hydrogen-bond donors (Lipinski definition) is 3. The van der Waals surface area contributed by atoms with Crippen LogP contribution in [0.25, 0.3) is 10.9 Å². The highest BCUT2D eigenvalue weighted by atomic mass is 79.9. The molecule has 8 nitrogen and oxygen atoms in total. The highest BCUT2D eigenvalue weighted by Gasteiger charge is 2.19. The van der Waals surface area contributed by atoms with Crippen molar-refractivity contribution >= 4 is 44.3 Å². The van der Waals surface area contributed by atoms with Crippen LogP contribution in [0.5, 0.6) is 17.2 Å². The molecule has 0 aliphatic rings. The second-order valence-corrected chi connectivity index (χ2v) is 6.43. The minimum atomic E-state index is 0.150. The van der Waals surface area contributed by atoms with E-state index in [0.29, 0.717) is 35.1 Å². The number of ether oxygens (including phenoxy) is 3. The summed E-state index contributed by atoms with van der Waals surface area (Å²) in [4.78, 5) is 8.30. The zero-order valence-electron chi connectivity index (χ0n) is 15.2. The first-order valence-corrected chi connectivity index (χ1v) is 8.82. The molecule has 5 N–H and O–H groups in total. The Morgan fingerprint density at radius 2 is 1.78 bits per heavy atom. The number of aromatic nitrogens is 2. The molecule has 0 atom stereocenters. The third kappa shape index (κ3) is 3.50. The van der Waals surface area contributed by atoms with Gasteiger partial charge in [-0.3, -0.25) is 0 Å². The number of methoxy groups -OCH3 is 3. The van der Waals surface area contributed by atoms with Gasteiger partial charge in [-0.15, -0.1) is 0 Å². The molecule has 0 aliphatic carbocycles. The first-order valence-electron chi connectivity index (χ1n) is 8.03. The van der Waals surface area contributed by atoms with E-state index in [2.05, 4.69) is 31.2 Å². The Morgan fingerprint density at radius 1 is 1.04 bits per heavy atom. The molecule has 0 radical (unpaired) electrons. The number of nitrogens with two attached hydrogens (primary N) is 2. The quantitative estimate of drug-likeness (QED) is 0.542. The molecule has 27 heavy (non-hydrogen) atoms. The van der Waals surface area contributed by atoms with Gasteiger partial charge in [0.05, 0.1) is 37.0 Å². The molecule has 0 amide bonds. The zero-order valence-corrected chi connectivity index (χ0v) is 16.8. The summed E-state index contributed by atoms with van der Waals surface area (Å²) in [7, 11) is 4.70. The highest BCUT2D eigenvalue weighted by Crippen LogP contribution is 2.47. The summed E-state index contributed by atoms with van der Waals surface area (Å²) in [6, 6.07) is 7.53. The van der Waals surface area contributed by atoms with Crippen molar-refractivity contribution in [3.8, 4) is 17.2 Å². The van der Waals surface area contributed by atoms with Crippen LogP contribution in [0.4, 0.5) is 17.5 Å². The van der Waals surface area contributed by atoms with E-state index in [4.69, 9.17) is 25.7 Å². The van der Waals surface area contributed by atoms with Crippen LogP contribution in [0.15, 0.2) is 28.7 Å². The largest absolute Gasteiger partial charge is 0.493 e. The van der Waals surface area contributed by atoms with Crippen LogP contribution >= 0.6 is 15.9 Å². The molecule has 0 spiro atoms. The van der Waals surface area contributed by atoms with Crippen molar-refractivity contribution in [3.05, 3.63) is 34.3 Å². The second kappa shape index (κ2) is 7.75. The average molecular weight is 434 g/mol. The minimum Gasteiger partial charge on any atom is -0.493 e. The van der Waals surface area contributed by atoms with Gasteiger partial charge in [0.15, 0.2) is 11.5 Å². The molecular formula is C18H20BrN5O3. The number of rotatable bonds is 6. The number of anilines is 3. The van der Waals surface area contributed by atoms with E-state index in [1.807, 2.05) is 24.3 Å². The van der Waals surface area contributed by atoms with Gasteiger partial charge in [0.2, 0.25) is 11.7 Å². The van der Waals surface area contributed by atoms with Crippen molar-refractivity contribution in [2.45, 2.75) is 6.54 Å². The lowest BCUT2D eigenvalue weighted by atomic mass is 10.1. The lowest BCUT2D eigenvalue weighted by Crippen LogP contribution is -2.06. The van der Waals surface area contributed by atoms with Gasteiger partial charge in [0.25, 0.3) is 0 Å². The van der Waals surface area contributed by atoms with Crippen molar-refractivity contribution in [1.82, 2.24) is 9.97 Å². The van der Waals surface area contributed by atoms with Crippen LogP contribution in [0, 0.1) is 0 Å². The molecule has 0 fully saturated rings. The van der Waals surface area contributed by atoms with Gasteiger partial charge in [-0.25, -0.2) is 4.98 Å². The Balaban J connectivity index is 1.99. The minimum absolute atomic E-state index is 0.150. The third-order valence-corrected chi connectivity index (χ3v) is 4.88. The topological polar surface area (TPSA) is 118 Å². The fourth-order valence-corrected chi connectivity index (χ4v) is 3.49. The maximum absolute atomic E-state index is 6.06. The summed E-state index contributed by atoms with van der Waals surface area (Å²) < 4.78 is 17.0. The normalized spacial score (nSPS) is 10.7. The van der Waals surface area contributed by atoms with Crippen LogP contribution in [0.3, 0.4) is 0 Å². The Hall–Kier alpha value is -2.94. The standard InChI is InChI=1S/C18H20BrN5O3/c1-25-12-7-11(14(19)16(27-3)15(12)26-2)22-8-9-5-4-6-10-13(9)17(20)24-18(21)23-10/h4-7,22H,8H2,1-3H3,(H4,20,21,23,24). The Bertz CT molecular complexity index is 997. The smallest absolute Gasteiger partial charge is 0.222 e. The number of nitrogens with zero attached hydrogens (tertiary/aromatic N) is 2. The van der Waals surface area contributed by atoms with E-state index in [9.17, 15) is 0 Å². The highest BCUT2D eigenvalue weighted by molar-refractivity contribution is 9.10. The molecule has 3 aromatic rings. The SMILES string of the molecule is COc1cc(NCc2cccc3nc(N)nc(N)c23)c(Br)c(OC)c1OC. The van der Waals surface area contributed by atoms with E-state index in [0.717, 1.165) is 21.1 Å². The van der Waals surface area contributed by atoms with Gasteiger partial charge in [-0.05, 0) is 27.6 Å². The number of benzene rings is 2. The van der Waals surface area contributed by atoms with E-state index in [1.54, 1.807) is 21.3 Å². The van der Waals surface area contributed by atoms with Crippen LogP contribution in [0.1, 0.15) is 5.56 Å². The number of nitrogens with one attached hydrogen (secondary N) is 1. The molecule has 2 aromatic carbocycles. The molecule has 9 heteroatoms. The van der Waals surface area contributed by atoms with Crippen LogP contribution in [-0.4, -0.2) is 31.3 Å². The first-order chi connectivity index (χ1) is 13.0. The monoisotopic (exact) mass is 433 g/mol. The van der Waals surface area contributed by atoms with E-state index in [1.165, 1.54) is 0 Å². The van der Waals surface area contributed by atoms with E-state index < -0.39 is 0 Å². The van der Waals surface area contributed by atoms with Crippen molar-refractivity contribution in [1.29, 1.82) is 0 Å². The first kappa shape index (κ1) is 18.8. The maximum Gasteiger partial charge on any atom is 0.222 e. The predicted molar refractivity (Wildman–Crippen MR) is 109 cm³/mol. The van der Waals surface area contributed by atoms with Gasteiger partial charge >= 0.3 is 0 Å². The summed E-state index contributed by atoms with van der Waals surface area (Å²) in [5, 5.41) is 4.13. The van der Waals surface area contributed by atoms with Crippen LogP contribution in [0.2, 0.25) is 0 Å². The summed E-state index contributed by atoms with van der Waals surface area (Å²) in [5.41, 5.74) is 14.2. The molecule has 1 aromatic heterocycles. The average Bonchev–Trinajstić information content (AvgIpc) is 2.65. The number of halogens is 1. The van der Waals surface area contributed by atoms with Crippen molar-refractivity contribution in [2.75, 3.05) is 38.1 Å². The fourth-order valence-electron chi connectivity index (χ4n) is 2.89. The molecule has 142 valence electrons. The maximum atomic E-state index is 6.06. The Kier molecular flexibility index (Phi) is 5.41. The summed E-state index contributed by atoms with van der Waals surface area (Å²) in [6.07, 6.45) is 0. The van der Waals surface area contributed by atoms with Crippen LogP contribution in [-0.2, 0) is 6.54 Å². The Labute approximate surface area is 165 Å². The number of nitrogen functional groups attached to an aromatic ring is 2. The lowest BCUT2D eigenvalue weighted by Gasteiger charge is -2.18. The van der Waals surface area contributed by atoms with Gasteiger partial charge in [-0.1, -0.05) is 12.1 Å². The molecule has 0 bridgehead atoms. The predicted octanol–water partition coefficient (Wildman–Crippen LogP) is 3.19. The van der Waals surface area contributed by atoms with Crippen molar-refractivity contribution in [3.63, 3.8) is 0 Å². The van der Waals surface area contributed by atoms with Gasteiger partial charge in [0, 0.05) is 18.0 Å². The van der Waals surface area contributed by atoms with E-state index in [-0.39, 0.29) is 5.95 Å². The molecular weight excluding hydrogens is 414 g/mol. The second-order valence-electron chi connectivity index (χ2n) is 5.64. The Morgan fingerprint density at radius 3 is 2.44 bits per heavy atom. The number of fused-ring (bicyclic) bond motifs is 1. The zero-order chi connectivity index (χ0) is 19.6. The van der Waals surface area contributed by atoms with Gasteiger partial charge < -0.3 is 31.0 Å². The van der Waals surface area contributed by atoms with Crippen molar-refractivity contribution < 1.29 is 14.2 Å². The fraction of sp³-hybridized carbons (Fsp3) is 0.222. The van der Waals surface area contributed by atoms with Gasteiger partial charge in [0.1, 0.15) is 5.82 Å². The third-order valence-electron chi connectivity index (χ3n) is 4.09. The number of hydrogen-bond acceptors (Lipinski definition) is 8. The van der Waals surface area contributed by atoms with Crippen LogP contribution < -0.4 is 31.0 Å². The molecule has 0 saturated heterocycles. The molecule has 1 heterocycles.